The van der Waals surface area contributed by atoms with E-state index in [2.05, 4.69) is 10.6 Å². The number of allylic oxidation sites excluding steroid dienone is 3. The maximum Gasteiger partial charge on any atom is 0.257 e. The lowest BCUT2D eigenvalue weighted by atomic mass is 10.3. The van der Waals surface area contributed by atoms with Crippen molar-refractivity contribution in [3.05, 3.63) is 48.6 Å². The summed E-state index contributed by atoms with van der Waals surface area (Å²) in [6.45, 7) is 4.23. The van der Waals surface area contributed by atoms with Crippen molar-refractivity contribution in [3.63, 3.8) is 0 Å². The summed E-state index contributed by atoms with van der Waals surface area (Å²) in [5, 5.41) is 5.36. The number of carbonyl (C=O) groups excluding carboxylic acids is 2. The second kappa shape index (κ2) is 9.36. The van der Waals surface area contributed by atoms with Crippen molar-refractivity contribution in [2.45, 2.75) is 13.8 Å². The number of hydrogen-bond acceptors (Lipinski definition) is 3. The first-order chi connectivity index (χ1) is 10.2. The Morgan fingerprint density at radius 2 is 2.10 bits per heavy atom. The average molecular weight is 288 g/mol. The van der Waals surface area contributed by atoms with Gasteiger partial charge in [-0.25, -0.2) is 0 Å². The number of amides is 2. The number of rotatable bonds is 7. The van der Waals surface area contributed by atoms with E-state index in [1.807, 2.05) is 19.9 Å². The fourth-order valence-corrected chi connectivity index (χ4v) is 1.50. The van der Waals surface area contributed by atoms with Crippen LogP contribution in [0.15, 0.2) is 48.6 Å². The molecule has 0 bridgehead atoms. The van der Waals surface area contributed by atoms with E-state index in [0.29, 0.717) is 18.0 Å². The van der Waals surface area contributed by atoms with Crippen LogP contribution in [0.2, 0.25) is 0 Å². The predicted octanol–water partition coefficient (Wildman–Crippen LogP) is 2.27. The van der Waals surface area contributed by atoms with Crippen LogP contribution in [0.25, 0.3) is 0 Å². The fraction of sp³-hybridized carbons (Fsp3) is 0.250. The largest absolute Gasteiger partial charge is 0.484 e. The van der Waals surface area contributed by atoms with Crippen molar-refractivity contribution in [3.8, 4) is 5.75 Å². The Bertz CT molecular complexity index is 536. The molecule has 1 rings (SSSR count). The number of anilines is 1. The third-order valence-corrected chi connectivity index (χ3v) is 2.40. The average Bonchev–Trinajstić information content (AvgIpc) is 2.46. The van der Waals surface area contributed by atoms with Crippen LogP contribution in [0.5, 0.6) is 5.75 Å². The zero-order valence-corrected chi connectivity index (χ0v) is 12.3. The second-order valence-corrected chi connectivity index (χ2v) is 4.14. The van der Waals surface area contributed by atoms with E-state index in [4.69, 9.17) is 4.74 Å². The summed E-state index contributed by atoms with van der Waals surface area (Å²) in [4.78, 5) is 22.9. The molecule has 0 heterocycles. The molecule has 21 heavy (non-hydrogen) atoms. The molecule has 112 valence electrons. The molecule has 2 amide bonds. The highest BCUT2D eigenvalue weighted by Crippen LogP contribution is 2.17. The van der Waals surface area contributed by atoms with Crippen LogP contribution in [-0.4, -0.2) is 25.0 Å². The molecule has 0 spiro atoms. The first-order valence-corrected chi connectivity index (χ1v) is 6.75. The van der Waals surface area contributed by atoms with Crippen LogP contribution in [0.3, 0.4) is 0 Å². The van der Waals surface area contributed by atoms with Crippen LogP contribution in [0.1, 0.15) is 13.8 Å². The summed E-state index contributed by atoms with van der Waals surface area (Å²) < 4.78 is 5.35. The number of nitrogens with one attached hydrogen (secondary N) is 2. The van der Waals surface area contributed by atoms with Gasteiger partial charge in [0.1, 0.15) is 5.75 Å². The van der Waals surface area contributed by atoms with E-state index >= 15 is 0 Å². The molecule has 0 radical (unpaired) electrons. The predicted molar refractivity (Wildman–Crippen MR) is 83.2 cm³/mol. The van der Waals surface area contributed by atoms with Gasteiger partial charge >= 0.3 is 0 Å². The van der Waals surface area contributed by atoms with Crippen LogP contribution in [-0.2, 0) is 9.59 Å². The second-order valence-electron chi connectivity index (χ2n) is 4.14. The van der Waals surface area contributed by atoms with Gasteiger partial charge < -0.3 is 15.4 Å². The number of ether oxygens (including phenoxy) is 1. The summed E-state index contributed by atoms with van der Waals surface area (Å²) >= 11 is 0. The minimum atomic E-state index is -0.228. The zero-order valence-electron chi connectivity index (χ0n) is 12.3. The molecule has 2 N–H and O–H groups in total. The van der Waals surface area contributed by atoms with E-state index in [-0.39, 0.29) is 18.4 Å². The first-order valence-electron chi connectivity index (χ1n) is 6.75. The van der Waals surface area contributed by atoms with Crippen molar-refractivity contribution >= 4 is 17.5 Å². The van der Waals surface area contributed by atoms with Crippen molar-refractivity contribution in [2.75, 3.05) is 18.5 Å². The topological polar surface area (TPSA) is 67.4 Å². The Morgan fingerprint density at radius 1 is 1.29 bits per heavy atom. The van der Waals surface area contributed by atoms with Gasteiger partial charge in [-0.2, -0.15) is 0 Å². The molecule has 0 aliphatic heterocycles. The third-order valence-electron chi connectivity index (χ3n) is 2.40. The molecule has 0 aliphatic rings. The summed E-state index contributed by atoms with van der Waals surface area (Å²) in [5.74, 6) is 0.117. The number of hydrogen-bond donors (Lipinski definition) is 2. The molecule has 0 fully saturated rings. The molecule has 0 aliphatic carbocycles. The summed E-state index contributed by atoms with van der Waals surface area (Å²) in [6, 6.07) is 6.89. The van der Waals surface area contributed by atoms with Gasteiger partial charge in [-0.3, -0.25) is 9.59 Å². The van der Waals surface area contributed by atoms with Crippen LogP contribution < -0.4 is 15.4 Å². The third kappa shape index (κ3) is 6.96. The van der Waals surface area contributed by atoms with Crippen molar-refractivity contribution in [1.82, 2.24) is 5.32 Å². The Hall–Kier alpha value is -2.56. The minimum absolute atomic E-state index is 0.0492. The molecule has 0 saturated carbocycles. The lowest BCUT2D eigenvalue weighted by Crippen LogP contribution is -2.28. The Kier molecular flexibility index (Phi) is 7.35. The standard InChI is InChI=1S/C16H20N2O3/c1-3-5-6-10-15(19)18-13-8-7-9-14(11-13)21-12-16(20)17-4-2/h3,5-11H,4,12H2,1-2H3,(H,17,20)(H,18,19)/b5-3+,10-6+. The summed E-state index contributed by atoms with van der Waals surface area (Å²) in [6.07, 6.45) is 6.69. The van der Waals surface area contributed by atoms with Gasteiger partial charge in [0.15, 0.2) is 6.61 Å². The summed E-state index contributed by atoms with van der Waals surface area (Å²) in [7, 11) is 0. The van der Waals surface area contributed by atoms with Crippen molar-refractivity contribution < 1.29 is 14.3 Å². The van der Waals surface area contributed by atoms with Crippen molar-refractivity contribution in [2.24, 2.45) is 0 Å². The lowest BCUT2D eigenvalue weighted by molar-refractivity contribution is -0.123. The molecule has 0 unspecified atom stereocenters. The maximum absolute atomic E-state index is 11.6. The van der Waals surface area contributed by atoms with Gasteiger partial charge in [0.25, 0.3) is 5.91 Å². The van der Waals surface area contributed by atoms with Crippen LogP contribution in [0.4, 0.5) is 5.69 Å². The number of benzene rings is 1. The zero-order chi connectivity index (χ0) is 15.5. The first kappa shape index (κ1) is 16.5. The number of likely N-dealkylation sites (N-methyl/N-ethyl adjacent to an activating group) is 1. The van der Waals surface area contributed by atoms with E-state index in [9.17, 15) is 9.59 Å². The van der Waals surface area contributed by atoms with E-state index in [0.717, 1.165) is 0 Å². The smallest absolute Gasteiger partial charge is 0.257 e. The molecule has 1 aromatic carbocycles. The monoisotopic (exact) mass is 288 g/mol. The van der Waals surface area contributed by atoms with E-state index in [1.165, 1.54) is 6.08 Å². The van der Waals surface area contributed by atoms with Gasteiger partial charge in [0, 0.05) is 24.4 Å². The quantitative estimate of drug-likeness (QED) is 0.597. The normalized spacial score (nSPS) is 10.8. The molecular weight excluding hydrogens is 268 g/mol. The Morgan fingerprint density at radius 3 is 2.81 bits per heavy atom. The highest BCUT2D eigenvalue weighted by Gasteiger charge is 2.03. The Balaban J connectivity index is 2.55. The van der Waals surface area contributed by atoms with Crippen LogP contribution >= 0.6 is 0 Å². The molecule has 1 aromatic rings. The van der Waals surface area contributed by atoms with Crippen LogP contribution in [0, 0.1) is 0 Å². The molecule has 5 heteroatoms. The van der Waals surface area contributed by atoms with Gasteiger partial charge in [-0.1, -0.05) is 24.3 Å². The van der Waals surface area contributed by atoms with Gasteiger partial charge in [-0.15, -0.1) is 0 Å². The molecular formula is C16H20N2O3. The van der Waals surface area contributed by atoms with Gasteiger partial charge in [0.05, 0.1) is 0 Å². The minimum Gasteiger partial charge on any atom is -0.484 e. The van der Waals surface area contributed by atoms with Gasteiger partial charge in [0.2, 0.25) is 5.91 Å². The fourth-order valence-electron chi connectivity index (χ4n) is 1.50. The van der Waals surface area contributed by atoms with E-state index in [1.54, 1.807) is 36.4 Å². The summed E-state index contributed by atoms with van der Waals surface area (Å²) in [5.41, 5.74) is 0.610. The highest BCUT2D eigenvalue weighted by atomic mass is 16.5. The van der Waals surface area contributed by atoms with Crippen molar-refractivity contribution in [1.29, 1.82) is 0 Å². The van der Waals surface area contributed by atoms with Gasteiger partial charge in [-0.05, 0) is 26.0 Å². The SMILES string of the molecule is C/C=C/C=C/C(=O)Nc1cccc(OCC(=O)NCC)c1. The lowest BCUT2D eigenvalue weighted by Gasteiger charge is -2.08. The molecule has 0 saturated heterocycles. The molecule has 0 aromatic heterocycles. The number of carbonyl (C=O) groups is 2. The van der Waals surface area contributed by atoms with E-state index < -0.39 is 0 Å². The molecule has 5 nitrogen and oxygen atoms in total. The molecule has 0 atom stereocenters. The maximum atomic E-state index is 11.6. The Labute approximate surface area is 124 Å². The highest BCUT2D eigenvalue weighted by molar-refractivity contribution is 5.99.